The van der Waals surface area contributed by atoms with Gasteiger partial charge in [0.1, 0.15) is 0 Å². The van der Waals surface area contributed by atoms with Gasteiger partial charge in [-0.25, -0.2) is 13.1 Å². The molecule has 1 aromatic heterocycles. The van der Waals surface area contributed by atoms with E-state index in [-0.39, 0.29) is 4.90 Å². The number of pyridine rings is 1. The van der Waals surface area contributed by atoms with Crippen LogP contribution in [-0.2, 0) is 15.6 Å². The van der Waals surface area contributed by atoms with Crippen molar-refractivity contribution in [2.45, 2.75) is 38.1 Å². The van der Waals surface area contributed by atoms with Crippen LogP contribution in [0.2, 0.25) is 0 Å². The van der Waals surface area contributed by atoms with E-state index in [1.54, 1.807) is 24.5 Å². The highest BCUT2D eigenvalue weighted by atomic mass is 32.2. The van der Waals surface area contributed by atoms with Crippen LogP contribution in [0, 0.1) is 13.8 Å². The standard InChI is InChI=1S/C16H20N2O2S/c1-12-5-6-15(11-13(12)2)21(19,20)18-16(3,4)14-7-9-17-10-8-14/h5-11,18H,1-4H3. The van der Waals surface area contributed by atoms with Gasteiger partial charge in [-0.2, -0.15) is 0 Å². The molecule has 0 radical (unpaired) electrons. The minimum atomic E-state index is -3.58. The van der Waals surface area contributed by atoms with Crippen molar-refractivity contribution in [3.63, 3.8) is 0 Å². The van der Waals surface area contributed by atoms with Crippen molar-refractivity contribution >= 4 is 10.0 Å². The minimum absolute atomic E-state index is 0.285. The zero-order chi connectivity index (χ0) is 15.7. The zero-order valence-electron chi connectivity index (χ0n) is 12.7. The third-order valence-electron chi connectivity index (χ3n) is 3.58. The molecular formula is C16H20N2O2S. The summed E-state index contributed by atoms with van der Waals surface area (Å²) >= 11 is 0. The van der Waals surface area contributed by atoms with Crippen molar-refractivity contribution in [3.05, 3.63) is 59.4 Å². The van der Waals surface area contributed by atoms with E-state index in [0.717, 1.165) is 16.7 Å². The highest BCUT2D eigenvalue weighted by molar-refractivity contribution is 7.89. The lowest BCUT2D eigenvalue weighted by Gasteiger charge is -2.26. The molecule has 0 aliphatic rings. The Balaban J connectivity index is 2.35. The first-order valence-electron chi connectivity index (χ1n) is 6.74. The van der Waals surface area contributed by atoms with E-state index in [1.165, 1.54) is 0 Å². The molecule has 1 heterocycles. The monoisotopic (exact) mass is 304 g/mol. The fourth-order valence-electron chi connectivity index (χ4n) is 2.10. The highest BCUT2D eigenvalue weighted by Gasteiger charge is 2.28. The van der Waals surface area contributed by atoms with Gasteiger partial charge in [-0.1, -0.05) is 6.07 Å². The first-order chi connectivity index (χ1) is 9.72. The van der Waals surface area contributed by atoms with Crippen LogP contribution in [0.15, 0.2) is 47.6 Å². The Kier molecular flexibility index (Phi) is 4.16. The van der Waals surface area contributed by atoms with Gasteiger partial charge in [-0.3, -0.25) is 4.98 Å². The molecule has 0 unspecified atom stereocenters. The molecule has 0 saturated carbocycles. The first kappa shape index (κ1) is 15.7. The molecule has 0 fully saturated rings. The maximum Gasteiger partial charge on any atom is 0.241 e. The molecule has 0 saturated heterocycles. The molecule has 2 rings (SSSR count). The van der Waals surface area contributed by atoms with Gasteiger partial charge < -0.3 is 0 Å². The molecule has 112 valence electrons. The van der Waals surface area contributed by atoms with Crippen LogP contribution >= 0.6 is 0 Å². The molecule has 1 N–H and O–H groups in total. The smallest absolute Gasteiger partial charge is 0.241 e. The number of nitrogens with one attached hydrogen (secondary N) is 1. The summed E-state index contributed by atoms with van der Waals surface area (Å²) < 4.78 is 27.9. The second-order valence-corrected chi connectivity index (χ2v) is 7.39. The van der Waals surface area contributed by atoms with Crippen molar-refractivity contribution in [1.29, 1.82) is 0 Å². The summed E-state index contributed by atoms with van der Waals surface area (Å²) in [7, 11) is -3.58. The summed E-state index contributed by atoms with van der Waals surface area (Å²) in [5, 5.41) is 0. The molecule has 4 nitrogen and oxygen atoms in total. The van der Waals surface area contributed by atoms with E-state index in [4.69, 9.17) is 0 Å². The number of rotatable bonds is 4. The lowest BCUT2D eigenvalue weighted by molar-refractivity contribution is 0.471. The Morgan fingerprint density at radius 3 is 2.19 bits per heavy atom. The van der Waals surface area contributed by atoms with E-state index in [2.05, 4.69) is 9.71 Å². The molecule has 0 atom stereocenters. The van der Waals surface area contributed by atoms with Gasteiger partial charge in [-0.05, 0) is 68.7 Å². The van der Waals surface area contributed by atoms with E-state index in [1.807, 2.05) is 45.9 Å². The van der Waals surface area contributed by atoms with Crippen molar-refractivity contribution in [3.8, 4) is 0 Å². The maximum atomic E-state index is 12.6. The summed E-state index contributed by atoms with van der Waals surface area (Å²) in [6.45, 7) is 7.53. The largest absolute Gasteiger partial charge is 0.265 e. The van der Waals surface area contributed by atoms with Crippen LogP contribution in [0.3, 0.4) is 0 Å². The third-order valence-corrected chi connectivity index (χ3v) is 5.23. The lowest BCUT2D eigenvalue weighted by Crippen LogP contribution is -2.40. The average Bonchev–Trinajstić information content (AvgIpc) is 2.41. The highest BCUT2D eigenvalue weighted by Crippen LogP contribution is 2.23. The van der Waals surface area contributed by atoms with E-state index < -0.39 is 15.6 Å². The van der Waals surface area contributed by atoms with Crippen molar-refractivity contribution in [2.75, 3.05) is 0 Å². The Bertz CT molecular complexity index is 738. The van der Waals surface area contributed by atoms with Crippen LogP contribution < -0.4 is 4.72 Å². The van der Waals surface area contributed by atoms with Crippen LogP contribution in [0.5, 0.6) is 0 Å². The second kappa shape index (κ2) is 5.58. The van der Waals surface area contributed by atoms with Crippen LogP contribution in [0.1, 0.15) is 30.5 Å². The molecule has 0 spiro atoms. The topological polar surface area (TPSA) is 59.1 Å². The zero-order valence-corrected chi connectivity index (χ0v) is 13.5. The summed E-state index contributed by atoms with van der Waals surface area (Å²) in [6, 6.07) is 8.77. The summed E-state index contributed by atoms with van der Waals surface area (Å²) in [4.78, 5) is 4.24. The number of nitrogens with zero attached hydrogens (tertiary/aromatic N) is 1. The van der Waals surface area contributed by atoms with Gasteiger partial charge in [0, 0.05) is 12.4 Å². The Hall–Kier alpha value is -1.72. The van der Waals surface area contributed by atoms with E-state index >= 15 is 0 Å². The fourth-order valence-corrected chi connectivity index (χ4v) is 3.59. The van der Waals surface area contributed by atoms with Crippen molar-refractivity contribution in [1.82, 2.24) is 9.71 Å². The maximum absolute atomic E-state index is 12.6. The van der Waals surface area contributed by atoms with Crippen LogP contribution in [0.25, 0.3) is 0 Å². The molecule has 0 amide bonds. The van der Waals surface area contributed by atoms with Gasteiger partial charge >= 0.3 is 0 Å². The Morgan fingerprint density at radius 1 is 1.00 bits per heavy atom. The van der Waals surface area contributed by atoms with Gasteiger partial charge in [0.25, 0.3) is 0 Å². The summed E-state index contributed by atoms with van der Waals surface area (Å²) in [5.41, 5.74) is 2.19. The molecule has 0 aliphatic carbocycles. The SMILES string of the molecule is Cc1ccc(S(=O)(=O)NC(C)(C)c2ccncc2)cc1C. The number of aryl methyl sites for hydroxylation is 2. The Labute approximate surface area is 126 Å². The number of hydrogen-bond acceptors (Lipinski definition) is 3. The molecule has 0 aliphatic heterocycles. The number of sulfonamides is 1. The number of benzene rings is 1. The minimum Gasteiger partial charge on any atom is -0.265 e. The molecule has 2 aromatic rings. The second-order valence-electron chi connectivity index (χ2n) is 5.71. The van der Waals surface area contributed by atoms with Gasteiger partial charge in [0.2, 0.25) is 10.0 Å². The predicted octanol–water partition coefficient (Wildman–Crippen LogP) is 2.91. The van der Waals surface area contributed by atoms with E-state index in [0.29, 0.717) is 0 Å². The molecule has 21 heavy (non-hydrogen) atoms. The molecular weight excluding hydrogens is 284 g/mol. The van der Waals surface area contributed by atoms with Gasteiger partial charge in [0.05, 0.1) is 10.4 Å². The Morgan fingerprint density at radius 2 is 1.62 bits per heavy atom. The fraction of sp³-hybridized carbons (Fsp3) is 0.312. The van der Waals surface area contributed by atoms with Gasteiger partial charge in [-0.15, -0.1) is 0 Å². The van der Waals surface area contributed by atoms with Crippen LogP contribution in [0.4, 0.5) is 0 Å². The number of aromatic nitrogens is 1. The van der Waals surface area contributed by atoms with Crippen molar-refractivity contribution < 1.29 is 8.42 Å². The average molecular weight is 304 g/mol. The quantitative estimate of drug-likeness (QED) is 0.945. The first-order valence-corrected chi connectivity index (χ1v) is 8.22. The molecule has 0 bridgehead atoms. The normalized spacial score (nSPS) is 12.4. The van der Waals surface area contributed by atoms with Crippen molar-refractivity contribution in [2.24, 2.45) is 0 Å². The summed E-state index contributed by atoms with van der Waals surface area (Å²) in [6.07, 6.45) is 3.31. The lowest BCUT2D eigenvalue weighted by atomic mass is 9.97. The van der Waals surface area contributed by atoms with Crippen LogP contribution in [-0.4, -0.2) is 13.4 Å². The predicted molar refractivity (Wildman–Crippen MR) is 83.5 cm³/mol. The third kappa shape index (κ3) is 3.49. The number of hydrogen-bond donors (Lipinski definition) is 1. The molecule has 1 aromatic carbocycles. The van der Waals surface area contributed by atoms with Gasteiger partial charge in [0.15, 0.2) is 0 Å². The van der Waals surface area contributed by atoms with E-state index in [9.17, 15) is 8.42 Å². The molecule has 5 heteroatoms. The summed E-state index contributed by atoms with van der Waals surface area (Å²) in [5.74, 6) is 0.